The molecule has 0 aliphatic rings. The summed E-state index contributed by atoms with van der Waals surface area (Å²) >= 11 is 1.71. The Labute approximate surface area is 103 Å². The van der Waals surface area contributed by atoms with E-state index in [1.54, 1.807) is 24.7 Å². The van der Waals surface area contributed by atoms with Gasteiger partial charge >= 0.3 is 87.1 Å². The zero-order valence-electron chi connectivity index (χ0n) is 9.36. The second kappa shape index (κ2) is 23.5. The Bertz CT molecular complexity index is 64.4. The summed E-state index contributed by atoms with van der Waals surface area (Å²) in [5.74, 6) is 0. The van der Waals surface area contributed by atoms with Crippen LogP contribution in [0.4, 0.5) is 0 Å². The Morgan fingerprint density at radius 3 is 1.36 bits per heavy atom. The minimum Gasteiger partial charge on any atom is -0.412 e. The summed E-state index contributed by atoms with van der Waals surface area (Å²) in [6.07, 6.45) is 11.7. The molecule has 0 heterocycles. The molecule has 0 bridgehead atoms. The number of unbranched alkanes of at least 4 members (excludes halogenated alkanes) is 7. The molecule has 0 saturated heterocycles. The largest absolute Gasteiger partial charge is 0.412 e. The van der Waals surface area contributed by atoms with Crippen LogP contribution in [-0.4, -0.2) is 16.4 Å². The van der Waals surface area contributed by atoms with Crippen LogP contribution in [0.25, 0.3) is 0 Å². The molecule has 0 aromatic heterocycles. The van der Waals surface area contributed by atoms with Crippen LogP contribution >= 0.6 is 0 Å². The fourth-order valence-corrected chi connectivity index (χ4v) is 1.87. The smallest absolute Gasteiger partial charge is 0.412 e. The molecule has 0 aromatic carbocycles. The zero-order valence-corrected chi connectivity index (χ0v) is 11.8. The van der Waals surface area contributed by atoms with Crippen LogP contribution in [0.2, 0.25) is 4.13 Å². The molecule has 0 saturated carbocycles. The van der Waals surface area contributed by atoms with E-state index in [2.05, 4.69) is 6.92 Å². The van der Waals surface area contributed by atoms with Crippen LogP contribution < -0.4 is 0 Å². The molecule has 3 nitrogen and oxygen atoms in total. The van der Waals surface area contributed by atoms with Crippen molar-refractivity contribution in [3.8, 4) is 0 Å². The van der Waals surface area contributed by atoms with Crippen molar-refractivity contribution in [1.29, 1.82) is 0 Å². The van der Waals surface area contributed by atoms with E-state index in [9.17, 15) is 0 Å². The maximum atomic E-state index is 2.28. The molecule has 0 aromatic rings. The van der Waals surface area contributed by atoms with E-state index in [0.717, 1.165) is 0 Å². The Morgan fingerprint density at radius 2 is 1.00 bits per heavy atom. The minimum atomic E-state index is 0. The van der Waals surface area contributed by atoms with Crippen LogP contribution in [-0.2, 0) is 24.7 Å². The molecule has 0 rings (SSSR count). The fraction of sp³-hybridized carbons (Fsp3) is 1.00. The molecular formula is C10H27O3Zr. The van der Waals surface area contributed by atoms with E-state index >= 15 is 0 Å². The van der Waals surface area contributed by atoms with Gasteiger partial charge in [0.05, 0.1) is 0 Å². The summed E-state index contributed by atoms with van der Waals surface area (Å²) in [6.45, 7) is 2.28. The molecule has 0 radical (unpaired) electrons. The topological polar surface area (TPSA) is 94.5 Å². The normalized spacial score (nSPS) is 8.00. The Kier molecular flexibility index (Phi) is 40.6. The van der Waals surface area contributed by atoms with Gasteiger partial charge in [0, 0.05) is 0 Å². The van der Waals surface area contributed by atoms with Crippen molar-refractivity contribution >= 4 is 0 Å². The van der Waals surface area contributed by atoms with E-state index < -0.39 is 0 Å². The molecule has 14 heavy (non-hydrogen) atoms. The molecule has 0 atom stereocenters. The maximum Gasteiger partial charge on any atom is -0.412 e. The van der Waals surface area contributed by atoms with Crippen molar-refractivity contribution in [1.82, 2.24) is 0 Å². The van der Waals surface area contributed by atoms with E-state index in [4.69, 9.17) is 0 Å². The van der Waals surface area contributed by atoms with Gasteiger partial charge in [0.25, 0.3) is 0 Å². The first-order chi connectivity index (χ1) is 5.41. The van der Waals surface area contributed by atoms with E-state index in [1.807, 2.05) is 0 Å². The Balaban J connectivity index is -0.000000167. The summed E-state index contributed by atoms with van der Waals surface area (Å²) in [6, 6.07) is 0. The minimum absolute atomic E-state index is 0. The molecule has 0 amide bonds. The first-order valence-corrected chi connectivity index (χ1v) is 6.80. The summed E-state index contributed by atoms with van der Waals surface area (Å²) in [7, 11) is 0. The van der Waals surface area contributed by atoms with Crippen LogP contribution in [0.3, 0.4) is 0 Å². The Hall–Kier alpha value is 0.763. The first kappa shape index (κ1) is 24.1. The molecule has 0 fully saturated rings. The molecule has 0 unspecified atom stereocenters. The van der Waals surface area contributed by atoms with Crippen molar-refractivity contribution in [2.75, 3.05) is 0 Å². The van der Waals surface area contributed by atoms with Crippen LogP contribution in [0, 0.1) is 0 Å². The van der Waals surface area contributed by atoms with Gasteiger partial charge in [0.2, 0.25) is 0 Å². The second-order valence-corrected chi connectivity index (χ2v) is 4.45. The summed E-state index contributed by atoms with van der Waals surface area (Å²) in [5, 5.41) is 0. The van der Waals surface area contributed by atoms with Gasteiger partial charge in [0.1, 0.15) is 0 Å². The van der Waals surface area contributed by atoms with Gasteiger partial charge in [-0.1, -0.05) is 0 Å². The molecular weight excluding hydrogens is 259 g/mol. The van der Waals surface area contributed by atoms with Crippen LogP contribution in [0.5, 0.6) is 0 Å². The van der Waals surface area contributed by atoms with Gasteiger partial charge in [-0.15, -0.1) is 0 Å². The van der Waals surface area contributed by atoms with Crippen molar-refractivity contribution in [2.45, 2.75) is 62.4 Å². The average Bonchev–Trinajstić information content (AvgIpc) is 2.03. The van der Waals surface area contributed by atoms with Gasteiger partial charge in [-0.05, 0) is 0 Å². The van der Waals surface area contributed by atoms with E-state index in [0.29, 0.717) is 0 Å². The molecule has 4 heteroatoms. The maximum absolute atomic E-state index is 2.28. The predicted molar refractivity (Wildman–Crippen MR) is 58.3 cm³/mol. The number of hydrogen-bond acceptors (Lipinski definition) is 0. The standard InChI is InChI=1S/C10H21.3H2O.Zr/c1-3-5-7-9-10-8-6-4-2;;;;/h1,3-10H2,2H3;3*1H2;. The van der Waals surface area contributed by atoms with Crippen LogP contribution in [0.15, 0.2) is 0 Å². The quantitative estimate of drug-likeness (QED) is 0.606. The second-order valence-electron chi connectivity index (χ2n) is 3.22. The van der Waals surface area contributed by atoms with Gasteiger partial charge in [-0.25, -0.2) is 0 Å². The first-order valence-electron chi connectivity index (χ1n) is 5.06. The predicted octanol–water partition coefficient (Wildman–Crippen LogP) is 1.62. The Morgan fingerprint density at radius 1 is 0.643 bits per heavy atom. The van der Waals surface area contributed by atoms with Gasteiger partial charge in [-0.3, -0.25) is 0 Å². The number of rotatable bonds is 8. The van der Waals surface area contributed by atoms with Crippen molar-refractivity contribution in [2.24, 2.45) is 0 Å². The molecule has 89 valence electrons. The third-order valence-corrected chi connectivity index (χ3v) is 2.90. The monoisotopic (exact) mass is 285 g/mol. The zero-order chi connectivity index (χ0) is 8.36. The third kappa shape index (κ3) is 23.0. The van der Waals surface area contributed by atoms with Crippen molar-refractivity contribution < 1.29 is 41.1 Å². The molecule has 0 aliphatic carbocycles. The van der Waals surface area contributed by atoms with Crippen LogP contribution in [0.1, 0.15) is 58.3 Å². The molecule has 0 spiro atoms. The van der Waals surface area contributed by atoms with Crippen molar-refractivity contribution in [3.05, 3.63) is 0 Å². The molecule has 0 aliphatic heterocycles. The summed E-state index contributed by atoms with van der Waals surface area (Å²) < 4.78 is 1.46. The summed E-state index contributed by atoms with van der Waals surface area (Å²) in [5.41, 5.74) is 0. The van der Waals surface area contributed by atoms with E-state index in [1.165, 1.54) is 55.5 Å². The van der Waals surface area contributed by atoms with Crippen molar-refractivity contribution in [3.63, 3.8) is 0 Å². The molecule has 6 N–H and O–H groups in total. The average molecular weight is 287 g/mol. The van der Waals surface area contributed by atoms with E-state index in [-0.39, 0.29) is 16.4 Å². The SMILES string of the molecule is CCCCCCCCC[CH2][Zr].O.O.O. The fourth-order valence-electron chi connectivity index (χ4n) is 1.26. The van der Waals surface area contributed by atoms with Gasteiger partial charge < -0.3 is 16.4 Å². The van der Waals surface area contributed by atoms with Gasteiger partial charge in [0.15, 0.2) is 0 Å². The number of hydrogen-bond donors (Lipinski definition) is 0. The third-order valence-electron chi connectivity index (χ3n) is 2.03. The van der Waals surface area contributed by atoms with Gasteiger partial charge in [-0.2, -0.15) is 0 Å². The summed E-state index contributed by atoms with van der Waals surface area (Å²) in [4.78, 5) is 0.